The van der Waals surface area contributed by atoms with Gasteiger partial charge in [0, 0.05) is 0 Å². The Hall–Kier alpha value is -2.59. The van der Waals surface area contributed by atoms with Gasteiger partial charge < -0.3 is 40.4 Å². The van der Waals surface area contributed by atoms with Crippen LogP contribution in [0.25, 0.3) is 0 Å². The Morgan fingerprint density at radius 2 is 1.50 bits per heavy atom. The van der Waals surface area contributed by atoms with Crippen LogP contribution < -0.4 is 21.6 Å². The van der Waals surface area contributed by atoms with E-state index in [1.165, 1.54) is 13.8 Å². The summed E-state index contributed by atoms with van der Waals surface area (Å²) >= 11 is 0. The number of aliphatic hydroxyl groups is 2. The summed E-state index contributed by atoms with van der Waals surface area (Å²) in [6.07, 6.45) is -4.53. The van der Waals surface area contributed by atoms with Crippen LogP contribution in [0, 0.1) is 10.8 Å². The van der Waals surface area contributed by atoms with Gasteiger partial charge in [-0.15, -0.1) is 0 Å². The van der Waals surface area contributed by atoms with Crippen LogP contribution in [0.4, 0.5) is 5.82 Å². The maximum atomic E-state index is 13.9. The molecule has 0 aromatic carbocycles. The van der Waals surface area contributed by atoms with Gasteiger partial charge in [0.15, 0.2) is 11.9 Å². The highest BCUT2D eigenvalue weighted by Crippen LogP contribution is 2.41. The van der Waals surface area contributed by atoms with E-state index in [0.29, 0.717) is 0 Å². The largest absolute Gasteiger partial charge is 0.464 e. The maximum Gasteiger partial charge on any atom is 0.342 e. The molecule has 1 amide bonds. The topological polar surface area (TPSA) is 240 Å². The molecule has 1 aromatic rings. The van der Waals surface area contributed by atoms with Crippen LogP contribution in [0.3, 0.4) is 0 Å². The molecule has 1 aromatic heterocycles. The van der Waals surface area contributed by atoms with Gasteiger partial charge in [0.25, 0.3) is 5.91 Å². The van der Waals surface area contributed by atoms with Crippen molar-refractivity contribution in [1.82, 2.24) is 19.7 Å². The van der Waals surface area contributed by atoms with Crippen LogP contribution in [-0.2, 0) is 32.9 Å². The summed E-state index contributed by atoms with van der Waals surface area (Å²) in [4.78, 5) is 40.5. The van der Waals surface area contributed by atoms with Crippen molar-refractivity contribution in [2.75, 3.05) is 25.6 Å². The fourth-order valence-electron chi connectivity index (χ4n) is 3.59. The van der Waals surface area contributed by atoms with Gasteiger partial charge in [-0.05, 0) is 24.7 Å². The first-order chi connectivity index (χ1) is 19.1. The quantitative estimate of drug-likeness (QED) is 0.130. The molecule has 1 saturated heterocycles. The van der Waals surface area contributed by atoms with E-state index in [9.17, 15) is 29.2 Å². The van der Waals surface area contributed by atoms with E-state index in [1.807, 2.05) is 41.5 Å². The van der Waals surface area contributed by atoms with Gasteiger partial charge in [-0.3, -0.25) is 23.5 Å². The number of carbonyl (C=O) groups excluding carboxylic acids is 3. The van der Waals surface area contributed by atoms with Crippen molar-refractivity contribution in [3.8, 4) is 0 Å². The maximum absolute atomic E-state index is 13.9. The Kier molecular flexibility index (Phi) is 11.7. The standard InChI is InChI=1S/C25H45N6O10P/c1-13(22(35)38-10-24(3,4)5)29-42(37,30-14(2)23(36)39-11-25(6,7)8)40-9-15-17(32)18(33)21(41-15)31-12-28-16(19(31)26)20(27)34/h12-15,17-18,21,32-33H,9-11,26H2,1-8H3,(H2,27,34)(H2,29,30,37)/t13-,14-,15+,17+,18+,21+/m0/s1. The van der Waals surface area contributed by atoms with Crippen molar-refractivity contribution >= 4 is 31.3 Å². The van der Waals surface area contributed by atoms with E-state index < -0.39 is 68.7 Å². The molecule has 1 aliphatic rings. The van der Waals surface area contributed by atoms with Crippen molar-refractivity contribution in [3.05, 3.63) is 12.0 Å². The van der Waals surface area contributed by atoms with Gasteiger partial charge in [0.1, 0.15) is 36.2 Å². The number of anilines is 1. The third-order valence-corrected chi connectivity index (χ3v) is 7.79. The highest BCUT2D eigenvalue weighted by molar-refractivity contribution is 7.54. The summed E-state index contributed by atoms with van der Waals surface area (Å²) in [5, 5.41) is 26.3. The minimum atomic E-state index is -4.26. The van der Waals surface area contributed by atoms with E-state index in [1.54, 1.807) is 0 Å². The molecule has 6 atom stereocenters. The smallest absolute Gasteiger partial charge is 0.342 e. The molecule has 0 saturated carbocycles. The number of carbonyl (C=O) groups is 3. The normalized spacial score (nSPS) is 22.9. The van der Waals surface area contributed by atoms with Gasteiger partial charge in [0.05, 0.1) is 26.1 Å². The number of aliphatic hydroxyl groups excluding tert-OH is 2. The van der Waals surface area contributed by atoms with Crippen LogP contribution in [0.1, 0.15) is 72.1 Å². The van der Waals surface area contributed by atoms with Crippen molar-refractivity contribution < 1.29 is 47.9 Å². The molecule has 2 rings (SSSR count). The van der Waals surface area contributed by atoms with Crippen molar-refractivity contribution in [2.45, 2.75) is 92.0 Å². The molecule has 240 valence electrons. The zero-order valence-electron chi connectivity index (χ0n) is 25.3. The first kappa shape index (κ1) is 35.6. The van der Waals surface area contributed by atoms with Gasteiger partial charge in [-0.1, -0.05) is 41.5 Å². The molecular weight excluding hydrogens is 575 g/mol. The number of rotatable bonds is 13. The number of hydrogen-bond donors (Lipinski definition) is 6. The number of nitrogens with one attached hydrogen (secondary N) is 2. The lowest BCUT2D eigenvalue weighted by atomic mass is 9.99. The Bertz CT molecular complexity index is 1120. The number of nitrogens with zero attached hydrogens (tertiary/aromatic N) is 2. The minimum Gasteiger partial charge on any atom is -0.464 e. The average Bonchev–Trinajstić information content (AvgIpc) is 3.37. The lowest BCUT2D eigenvalue weighted by molar-refractivity contribution is -0.148. The molecule has 8 N–H and O–H groups in total. The van der Waals surface area contributed by atoms with Gasteiger partial charge >= 0.3 is 19.6 Å². The third kappa shape index (κ3) is 10.0. The van der Waals surface area contributed by atoms with Crippen molar-refractivity contribution in [1.29, 1.82) is 0 Å². The van der Waals surface area contributed by atoms with Crippen LogP contribution in [0.5, 0.6) is 0 Å². The number of aromatic nitrogens is 2. The van der Waals surface area contributed by atoms with Crippen LogP contribution in [0.15, 0.2) is 6.33 Å². The van der Waals surface area contributed by atoms with Gasteiger partial charge in [0.2, 0.25) is 0 Å². The summed E-state index contributed by atoms with van der Waals surface area (Å²) < 4.78 is 37.0. The number of nitrogens with two attached hydrogens (primary N) is 2. The van der Waals surface area contributed by atoms with Gasteiger partial charge in [-0.2, -0.15) is 0 Å². The molecule has 16 nitrogen and oxygen atoms in total. The first-order valence-corrected chi connectivity index (χ1v) is 15.0. The first-order valence-electron chi connectivity index (χ1n) is 13.4. The van der Waals surface area contributed by atoms with Gasteiger partial charge in [-0.25, -0.2) is 15.2 Å². The minimum absolute atomic E-state index is 0.0994. The molecule has 0 bridgehead atoms. The molecule has 0 radical (unpaired) electrons. The number of hydrogen-bond acceptors (Lipinski definition) is 12. The number of esters is 2. The Labute approximate surface area is 245 Å². The van der Waals surface area contributed by atoms with Crippen LogP contribution in [-0.4, -0.2) is 87.8 Å². The zero-order valence-corrected chi connectivity index (χ0v) is 26.2. The molecule has 17 heteroatoms. The summed E-state index contributed by atoms with van der Waals surface area (Å²) in [6.45, 7) is 13.7. The number of ether oxygens (including phenoxy) is 3. The molecule has 0 unspecified atom stereocenters. The lowest BCUT2D eigenvalue weighted by Crippen LogP contribution is -2.44. The molecule has 42 heavy (non-hydrogen) atoms. The molecule has 1 aliphatic heterocycles. The fourth-order valence-corrected chi connectivity index (χ4v) is 5.40. The fraction of sp³-hybridized carbons (Fsp3) is 0.760. The number of imidazole rings is 1. The van der Waals surface area contributed by atoms with Crippen molar-refractivity contribution in [3.63, 3.8) is 0 Å². The number of amides is 1. The molecule has 0 aliphatic carbocycles. The second kappa shape index (κ2) is 13.8. The molecular formula is C25H45N6O10P. The van der Waals surface area contributed by atoms with Crippen LogP contribution in [0.2, 0.25) is 0 Å². The van der Waals surface area contributed by atoms with E-state index in [-0.39, 0.29) is 35.6 Å². The third-order valence-electron chi connectivity index (χ3n) is 5.83. The van der Waals surface area contributed by atoms with Crippen LogP contribution >= 0.6 is 7.67 Å². The van der Waals surface area contributed by atoms with E-state index >= 15 is 0 Å². The average molecular weight is 621 g/mol. The van der Waals surface area contributed by atoms with E-state index in [4.69, 9.17) is 30.2 Å². The number of primary amides is 1. The predicted molar refractivity (Wildman–Crippen MR) is 151 cm³/mol. The van der Waals surface area contributed by atoms with E-state index in [0.717, 1.165) is 10.9 Å². The Morgan fingerprint density at radius 3 is 1.90 bits per heavy atom. The van der Waals surface area contributed by atoms with Crippen molar-refractivity contribution in [2.24, 2.45) is 16.6 Å². The molecule has 1 fully saturated rings. The molecule has 2 heterocycles. The van der Waals surface area contributed by atoms with E-state index in [2.05, 4.69) is 15.2 Å². The summed E-state index contributed by atoms with van der Waals surface area (Å²) in [7, 11) is -4.26. The molecule has 0 spiro atoms. The summed E-state index contributed by atoms with van der Waals surface area (Å²) in [5.74, 6) is -2.53. The second-order valence-electron chi connectivity index (χ2n) is 12.7. The predicted octanol–water partition coefficient (Wildman–Crippen LogP) is 0.443. The summed E-state index contributed by atoms with van der Waals surface area (Å²) in [6, 6.07) is -2.29. The highest BCUT2D eigenvalue weighted by Gasteiger charge is 2.46. The Balaban J connectivity index is 2.20. The monoisotopic (exact) mass is 620 g/mol. The number of nitrogen functional groups attached to an aromatic ring is 1. The second-order valence-corrected chi connectivity index (χ2v) is 14.6. The summed E-state index contributed by atoms with van der Waals surface area (Å²) in [5.41, 5.74) is 10.2. The lowest BCUT2D eigenvalue weighted by Gasteiger charge is -2.28. The SMILES string of the molecule is C[C@H](NP(=O)(N[C@@H](C)C(=O)OCC(C)(C)C)OC[C@H]1O[C@@H](n2cnc(C(N)=O)c2N)[C@H](O)[C@@H]1O)C(=O)OCC(C)(C)C. The highest BCUT2D eigenvalue weighted by atomic mass is 31.2. The Morgan fingerprint density at radius 1 is 1.02 bits per heavy atom. The zero-order chi connectivity index (χ0) is 32.2.